The smallest absolute Gasteiger partial charge is 0.253 e. The third-order valence-electron chi connectivity index (χ3n) is 3.89. The highest BCUT2D eigenvalue weighted by atomic mass is 32.2. The van der Waals surface area contributed by atoms with Gasteiger partial charge in [0.05, 0.1) is 5.75 Å². The van der Waals surface area contributed by atoms with Gasteiger partial charge in [0.15, 0.2) is 0 Å². The molecule has 0 radical (unpaired) electrons. The Morgan fingerprint density at radius 1 is 1.48 bits per heavy atom. The molecular weight excluding hydrogens is 286 g/mol. The standard InChI is InChI=1S/C14H19N5OS/c1-10-5-2-3-6-11(10)16-12(20)9-21-14-17-13-15-7-4-8-19(13)18-14/h4,7-8,10-11H,2-3,5-6,9H2,1H3,(H,16,20)/t10-,11-/m0/s1. The average molecular weight is 305 g/mol. The van der Waals surface area contributed by atoms with E-state index < -0.39 is 0 Å². The van der Waals surface area contributed by atoms with Gasteiger partial charge in [0.25, 0.3) is 5.78 Å². The topological polar surface area (TPSA) is 72.2 Å². The summed E-state index contributed by atoms with van der Waals surface area (Å²) in [4.78, 5) is 20.4. The van der Waals surface area contributed by atoms with Crippen LogP contribution in [-0.2, 0) is 4.79 Å². The Kier molecular flexibility index (Phi) is 4.38. The van der Waals surface area contributed by atoms with Crippen LogP contribution < -0.4 is 5.32 Å². The number of thioether (sulfide) groups is 1. The van der Waals surface area contributed by atoms with E-state index in [1.54, 1.807) is 23.0 Å². The third kappa shape index (κ3) is 3.53. The normalized spacial score (nSPS) is 22.3. The Balaban J connectivity index is 1.53. The predicted octanol–water partition coefficient (Wildman–Crippen LogP) is 1.91. The molecule has 2 atom stereocenters. The number of amides is 1. The molecule has 6 nitrogen and oxygen atoms in total. The zero-order valence-electron chi connectivity index (χ0n) is 12.0. The lowest BCUT2D eigenvalue weighted by Crippen LogP contribution is -2.41. The average Bonchev–Trinajstić information content (AvgIpc) is 2.90. The highest BCUT2D eigenvalue weighted by Crippen LogP contribution is 2.24. The first-order valence-corrected chi connectivity index (χ1v) is 8.30. The van der Waals surface area contributed by atoms with Gasteiger partial charge in [0.1, 0.15) is 0 Å². The van der Waals surface area contributed by atoms with E-state index in [1.165, 1.54) is 31.0 Å². The van der Waals surface area contributed by atoms with E-state index in [-0.39, 0.29) is 5.91 Å². The number of nitrogens with zero attached hydrogens (tertiary/aromatic N) is 4. The van der Waals surface area contributed by atoms with Crippen LogP contribution in [0.15, 0.2) is 23.6 Å². The Bertz CT molecular complexity index is 596. The summed E-state index contributed by atoms with van der Waals surface area (Å²) in [7, 11) is 0. The van der Waals surface area contributed by atoms with Crippen LogP contribution in [0, 0.1) is 5.92 Å². The van der Waals surface area contributed by atoms with Gasteiger partial charge in [-0.3, -0.25) is 4.79 Å². The quantitative estimate of drug-likeness (QED) is 0.874. The van der Waals surface area contributed by atoms with Gasteiger partial charge in [0, 0.05) is 18.4 Å². The molecule has 2 heterocycles. The van der Waals surface area contributed by atoms with Gasteiger partial charge in [-0.1, -0.05) is 31.5 Å². The molecule has 1 N–H and O–H groups in total. The summed E-state index contributed by atoms with van der Waals surface area (Å²) in [6.07, 6.45) is 8.26. The molecule has 0 bridgehead atoms. The molecule has 1 aliphatic carbocycles. The molecule has 0 aliphatic heterocycles. The molecule has 0 aromatic carbocycles. The maximum atomic E-state index is 12.0. The summed E-state index contributed by atoms with van der Waals surface area (Å²) >= 11 is 1.35. The maximum absolute atomic E-state index is 12.0. The number of carbonyl (C=O) groups is 1. The van der Waals surface area contributed by atoms with Crippen molar-refractivity contribution in [1.82, 2.24) is 24.9 Å². The fourth-order valence-electron chi connectivity index (χ4n) is 2.68. The molecular formula is C14H19N5OS. The number of hydrogen-bond acceptors (Lipinski definition) is 5. The maximum Gasteiger partial charge on any atom is 0.253 e. The molecule has 1 amide bonds. The number of hydrogen-bond donors (Lipinski definition) is 1. The lowest BCUT2D eigenvalue weighted by atomic mass is 9.86. The van der Waals surface area contributed by atoms with Crippen molar-refractivity contribution in [1.29, 1.82) is 0 Å². The number of rotatable bonds is 4. The number of carbonyl (C=O) groups excluding carboxylic acids is 1. The van der Waals surface area contributed by atoms with E-state index in [0.717, 1.165) is 6.42 Å². The number of aromatic nitrogens is 4. The van der Waals surface area contributed by atoms with Gasteiger partial charge in [-0.25, -0.2) is 9.50 Å². The summed E-state index contributed by atoms with van der Waals surface area (Å²) in [6, 6.07) is 2.12. The molecule has 0 saturated heterocycles. The Labute approximate surface area is 127 Å². The van der Waals surface area contributed by atoms with Crippen molar-refractivity contribution >= 4 is 23.4 Å². The van der Waals surface area contributed by atoms with Crippen molar-refractivity contribution in [2.24, 2.45) is 5.92 Å². The van der Waals surface area contributed by atoms with Crippen LogP contribution in [0.25, 0.3) is 5.78 Å². The molecule has 1 aliphatic rings. The Hall–Kier alpha value is -1.63. The van der Waals surface area contributed by atoms with Gasteiger partial charge in [-0.05, 0) is 24.8 Å². The van der Waals surface area contributed by atoms with E-state index >= 15 is 0 Å². The van der Waals surface area contributed by atoms with E-state index in [1.807, 2.05) is 0 Å². The number of fused-ring (bicyclic) bond motifs is 1. The van der Waals surface area contributed by atoms with E-state index in [2.05, 4.69) is 27.3 Å². The minimum atomic E-state index is 0.0607. The van der Waals surface area contributed by atoms with Crippen molar-refractivity contribution in [2.75, 3.05) is 5.75 Å². The third-order valence-corrected chi connectivity index (χ3v) is 4.73. The van der Waals surface area contributed by atoms with Crippen LogP contribution in [-0.4, -0.2) is 37.3 Å². The van der Waals surface area contributed by atoms with E-state index in [0.29, 0.717) is 28.6 Å². The van der Waals surface area contributed by atoms with Crippen LogP contribution in [0.5, 0.6) is 0 Å². The lowest BCUT2D eigenvalue weighted by molar-refractivity contribution is -0.119. The Morgan fingerprint density at radius 3 is 3.14 bits per heavy atom. The zero-order chi connectivity index (χ0) is 14.7. The predicted molar refractivity (Wildman–Crippen MR) is 81.1 cm³/mol. The van der Waals surface area contributed by atoms with Crippen LogP contribution in [0.4, 0.5) is 0 Å². The van der Waals surface area contributed by atoms with Crippen LogP contribution in [0.2, 0.25) is 0 Å². The molecule has 1 fully saturated rings. The first kappa shape index (κ1) is 14.3. The second-order valence-electron chi connectivity index (χ2n) is 5.48. The zero-order valence-corrected chi connectivity index (χ0v) is 12.8. The van der Waals surface area contributed by atoms with Crippen molar-refractivity contribution < 1.29 is 4.79 Å². The SMILES string of the molecule is C[C@H]1CCCC[C@@H]1NC(=O)CSc1nc2ncccn2n1. The molecule has 2 aromatic rings. The van der Waals surface area contributed by atoms with Crippen LogP contribution >= 0.6 is 11.8 Å². The molecule has 3 rings (SSSR count). The fraction of sp³-hybridized carbons (Fsp3) is 0.571. The summed E-state index contributed by atoms with van der Waals surface area (Å²) in [5, 5.41) is 7.99. The number of nitrogens with one attached hydrogen (secondary N) is 1. The summed E-state index contributed by atoms with van der Waals surface area (Å²) < 4.78 is 1.61. The molecule has 0 spiro atoms. The molecule has 21 heavy (non-hydrogen) atoms. The summed E-state index contributed by atoms with van der Waals surface area (Å²) in [5.74, 6) is 1.54. The monoisotopic (exact) mass is 305 g/mol. The van der Waals surface area contributed by atoms with Crippen LogP contribution in [0.1, 0.15) is 32.6 Å². The van der Waals surface area contributed by atoms with Gasteiger partial charge in [-0.15, -0.1) is 5.10 Å². The van der Waals surface area contributed by atoms with Gasteiger partial charge in [0.2, 0.25) is 11.1 Å². The second-order valence-corrected chi connectivity index (χ2v) is 6.43. The van der Waals surface area contributed by atoms with Crippen molar-refractivity contribution in [3.8, 4) is 0 Å². The highest BCUT2D eigenvalue weighted by Gasteiger charge is 2.22. The van der Waals surface area contributed by atoms with Crippen molar-refractivity contribution in [3.63, 3.8) is 0 Å². The summed E-state index contributed by atoms with van der Waals surface area (Å²) in [6.45, 7) is 2.21. The van der Waals surface area contributed by atoms with Crippen LogP contribution in [0.3, 0.4) is 0 Å². The molecule has 7 heteroatoms. The minimum absolute atomic E-state index is 0.0607. The first-order chi connectivity index (χ1) is 10.2. The van der Waals surface area contributed by atoms with Gasteiger partial charge >= 0.3 is 0 Å². The van der Waals surface area contributed by atoms with Crippen molar-refractivity contribution in [2.45, 2.75) is 43.8 Å². The summed E-state index contributed by atoms with van der Waals surface area (Å²) in [5.41, 5.74) is 0. The fourth-order valence-corrected chi connectivity index (χ4v) is 3.32. The molecule has 1 saturated carbocycles. The highest BCUT2D eigenvalue weighted by molar-refractivity contribution is 7.99. The first-order valence-electron chi connectivity index (χ1n) is 7.32. The van der Waals surface area contributed by atoms with Crippen molar-refractivity contribution in [3.05, 3.63) is 18.5 Å². The van der Waals surface area contributed by atoms with Gasteiger partial charge in [-0.2, -0.15) is 4.98 Å². The van der Waals surface area contributed by atoms with E-state index in [9.17, 15) is 4.79 Å². The van der Waals surface area contributed by atoms with Gasteiger partial charge < -0.3 is 5.32 Å². The Morgan fingerprint density at radius 2 is 2.33 bits per heavy atom. The lowest BCUT2D eigenvalue weighted by Gasteiger charge is -2.29. The second kappa shape index (κ2) is 6.43. The molecule has 0 unspecified atom stereocenters. The minimum Gasteiger partial charge on any atom is -0.352 e. The molecule has 112 valence electrons. The molecule has 2 aromatic heterocycles. The largest absolute Gasteiger partial charge is 0.352 e. The van der Waals surface area contributed by atoms with E-state index in [4.69, 9.17) is 0 Å².